The number of amides is 1. The summed E-state index contributed by atoms with van der Waals surface area (Å²) in [5, 5.41) is 4.97. The average molecular weight is 423 g/mol. The van der Waals surface area contributed by atoms with Crippen LogP contribution in [0.4, 0.5) is 0 Å². The third-order valence-electron chi connectivity index (χ3n) is 4.11. The molecule has 1 N–H and O–H groups in total. The molecule has 0 saturated heterocycles. The number of carbonyl (C=O) groups is 1. The maximum atomic E-state index is 12.8. The van der Waals surface area contributed by atoms with Gasteiger partial charge in [-0.1, -0.05) is 36.0 Å². The van der Waals surface area contributed by atoms with Gasteiger partial charge in [-0.25, -0.2) is 10.4 Å². The number of nitrogens with one attached hydrogen (secondary N) is 1. The number of carbonyl (C=O) groups excluding carboxylic acids is 1. The van der Waals surface area contributed by atoms with Crippen LogP contribution >= 0.6 is 11.8 Å². The van der Waals surface area contributed by atoms with Gasteiger partial charge in [0.05, 0.1) is 30.0 Å². The van der Waals surface area contributed by atoms with E-state index in [0.717, 1.165) is 16.9 Å². The van der Waals surface area contributed by atoms with Crippen LogP contribution in [0.25, 0.3) is 10.9 Å². The minimum absolute atomic E-state index is 0.0704. The van der Waals surface area contributed by atoms with Crippen molar-refractivity contribution in [2.75, 3.05) is 12.9 Å². The minimum Gasteiger partial charge on any atom is -0.497 e. The zero-order chi connectivity index (χ0) is 21.5. The van der Waals surface area contributed by atoms with Crippen molar-refractivity contribution >= 4 is 34.8 Å². The summed E-state index contributed by atoms with van der Waals surface area (Å²) in [6.07, 6.45) is 1.55. The Morgan fingerprint density at radius 2 is 2.00 bits per heavy atom. The third kappa shape index (κ3) is 5.36. The molecule has 8 heteroatoms. The van der Waals surface area contributed by atoms with Crippen LogP contribution in [0.1, 0.15) is 12.5 Å². The van der Waals surface area contributed by atoms with Gasteiger partial charge in [-0.2, -0.15) is 5.10 Å². The molecule has 3 aromatic rings. The van der Waals surface area contributed by atoms with Crippen LogP contribution in [0, 0.1) is 0 Å². The first-order valence-corrected chi connectivity index (χ1v) is 10.2. The Morgan fingerprint density at radius 1 is 1.27 bits per heavy atom. The Morgan fingerprint density at radius 3 is 2.70 bits per heavy atom. The molecule has 2 aromatic carbocycles. The summed E-state index contributed by atoms with van der Waals surface area (Å²) in [7, 11) is 1.60. The van der Waals surface area contributed by atoms with Crippen LogP contribution in [0.3, 0.4) is 0 Å². The highest BCUT2D eigenvalue weighted by Crippen LogP contribution is 2.18. The fraction of sp³-hybridized carbons (Fsp3) is 0.182. The maximum Gasteiger partial charge on any atom is 0.262 e. The van der Waals surface area contributed by atoms with Crippen LogP contribution in [0.5, 0.6) is 5.75 Å². The zero-order valence-corrected chi connectivity index (χ0v) is 17.6. The lowest BCUT2D eigenvalue weighted by Gasteiger charge is -2.12. The first-order chi connectivity index (χ1) is 14.5. The van der Waals surface area contributed by atoms with Crippen molar-refractivity contribution in [2.45, 2.75) is 18.6 Å². The summed E-state index contributed by atoms with van der Waals surface area (Å²) in [5.74, 6) is 0.520. The van der Waals surface area contributed by atoms with E-state index in [2.05, 4.69) is 22.1 Å². The smallest absolute Gasteiger partial charge is 0.262 e. The van der Waals surface area contributed by atoms with Gasteiger partial charge in [-0.05, 0) is 48.9 Å². The molecule has 0 radical (unpaired) electrons. The third-order valence-corrected chi connectivity index (χ3v) is 5.08. The number of fused-ring (bicyclic) bond motifs is 1. The second-order valence-electron chi connectivity index (χ2n) is 6.61. The summed E-state index contributed by atoms with van der Waals surface area (Å²) in [4.78, 5) is 29.6. The lowest BCUT2D eigenvalue weighted by molar-refractivity contribution is -0.118. The van der Waals surface area contributed by atoms with Gasteiger partial charge in [0, 0.05) is 6.54 Å². The average Bonchev–Trinajstić information content (AvgIpc) is 2.75. The number of benzene rings is 2. The Hall–Kier alpha value is -3.39. The highest BCUT2D eigenvalue weighted by Gasteiger charge is 2.13. The second kappa shape index (κ2) is 9.89. The van der Waals surface area contributed by atoms with E-state index in [4.69, 9.17) is 4.74 Å². The van der Waals surface area contributed by atoms with Gasteiger partial charge in [-0.15, -0.1) is 0 Å². The van der Waals surface area contributed by atoms with E-state index >= 15 is 0 Å². The Bertz CT molecular complexity index is 1150. The molecule has 1 heterocycles. The zero-order valence-electron chi connectivity index (χ0n) is 16.8. The molecule has 1 amide bonds. The molecule has 0 saturated carbocycles. The topological polar surface area (TPSA) is 85.6 Å². The summed E-state index contributed by atoms with van der Waals surface area (Å²) >= 11 is 1.19. The number of hydrazone groups is 1. The van der Waals surface area contributed by atoms with Crippen molar-refractivity contribution in [3.8, 4) is 5.75 Å². The fourth-order valence-corrected chi connectivity index (χ4v) is 3.49. The lowest BCUT2D eigenvalue weighted by atomic mass is 10.2. The van der Waals surface area contributed by atoms with E-state index in [1.54, 1.807) is 36.1 Å². The number of allylic oxidation sites excluding steroid dienone is 1. The molecule has 30 heavy (non-hydrogen) atoms. The first kappa shape index (κ1) is 21.3. The van der Waals surface area contributed by atoms with E-state index in [1.165, 1.54) is 11.8 Å². The number of nitrogens with zero attached hydrogens (tertiary/aromatic N) is 3. The summed E-state index contributed by atoms with van der Waals surface area (Å²) in [5.41, 5.74) is 4.59. The molecule has 0 fully saturated rings. The van der Waals surface area contributed by atoms with Gasteiger partial charge >= 0.3 is 0 Å². The highest BCUT2D eigenvalue weighted by atomic mass is 32.2. The van der Waals surface area contributed by atoms with Gasteiger partial charge in [0.15, 0.2) is 5.16 Å². The summed E-state index contributed by atoms with van der Waals surface area (Å²) < 4.78 is 6.65. The predicted molar refractivity (Wildman–Crippen MR) is 120 cm³/mol. The van der Waals surface area contributed by atoms with Crippen LogP contribution in [-0.2, 0) is 11.3 Å². The highest BCUT2D eigenvalue weighted by molar-refractivity contribution is 7.99. The van der Waals surface area contributed by atoms with E-state index in [-0.39, 0.29) is 17.2 Å². The first-order valence-electron chi connectivity index (χ1n) is 9.20. The Balaban J connectivity index is 1.69. The standard InChI is InChI=1S/C22H22N4O3S/c1-15(2)13-26-21(28)18-6-4-5-7-19(18)24-22(26)30-14-20(27)25-23-12-16-8-10-17(29-3)11-9-16/h4-12H,1,13-14H2,2-3H3,(H,25,27)/b23-12+. The molecule has 0 spiro atoms. The van der Waals surface area contributed by atoms with E-state index in [0.29, 0.717) is 22.6 Å². The number of hydrogen-bond donors (Lipinski definition) is 1. The molecule has 0 bridgehead atoms. The van der Waals surface area contributed by atoms with Gasteiger partial charge in [0.2, 0.25) is 0 Å². The predicted octanol–water partition coefficient (Wildman–Crippen LogP) is 3.22. The molecular weight excluding hydrogens is 400 g/mol. The largest absolute Gasteiger partial charge is 0.497 e. The Labute approximate surface area is 178 Å². The SMILES string of the molecule is C=C(C)Cn1c(SCC(=O)N/N=C/c2ccc(OC)cc2)nc2ccccc2c1=O. The molecule has 0 aliphatic carbocycles. The quantitative estimate of drug-likeness (QED) is 0.198. The number of rotatable bonds is 8. The van der Waals surface area contributed by atoms with Crippen molar-refractivity contribution in [3.63, 3.8) is 0 Å². The summed E-state index contributed by atoms with van der Waals surface area (Å²) in [6, 6.07) is 14.4. The van der Waals surface area contributed by atoms with Crippen molar-refractivity contribution in [3.05, 3.63) is 76.6 Å². The molecule has 3 rings (SSSR count). The number of hydrogen-bond acceptors (Lipinski definition) is 6. The number of para-hydroxylation sites is 1. The van der Waals surface area contributed by atoms with Crippen LogP contribution in [0.15, 0.2) is 75.7 Å². The molecule has 0 aliphatic heterocycles. The van der Waals surface area contributed by atoms with Crippen LogP contribution < -0.4 is 15.7 Å². The fourth-order valence-electron chi connectivity index (χ4n) is 2.70. The van der Waals surface area contributed by atoms with Crippen molar-refractivity contribution in [1.29, 1.82) is 0 Å². The molecule has 0 atom stereocenters. The van der Waals surface area contributed by atoms with Crippen LogP contribution in [-0.4, -0.2) is 34.5 Å². The molecular formula is C22H22N4O3S. The van der Waals surface area contributed by atoms with Gasteiger partial charge < -0.3 is 4.74 Å². The molecule has 0 unspecified atom stereocenters. The number of aromatic nitrogens is 2. The van der Waals surface area contributed by atoms with Crippen molar-refractivity contribution < 1.29 is 9.53 Å². The van der Waals surface area contributed by atoms with Gasteiger partial charge in [0.1, 0.15) is 5.75 Å². The van der Waals surface area contributed by atoms with E-state index in [9.17, 15) is 9.59 Å². The monoisotopic (exact) mass is 422 g/mol. The number of thioether (sulfide) groups is 1. The molecule has 7 nitrogen and oxygen atoms in total. The minimum atomic E-state index is -0.297. The van der Waals surface area contributed by atoms with Crippen LogP contribution in [0.2, 0.25) is 0 Å². The maximum absolute atomic E-state index is 12.8. The van der Waals surface area contributed by atoms with Crippen molar-refractivity contribution in [1.82, 2.24) is 15.0 Å². The van der Waals surface area contributed by atoms with E-state index < -0.39 is 0 Å². The number of ether oxygens (including phenoxy) is 1. The normalized spacial score (nSPS) is 11.0. The van der Waals surface area contributed by atoms with E-state index in [1.807, 2.05) is 37.3 Å². The van der Waals surface area contributed by atoms with Gasteiger partial charge in [-0.3, -0.25) is 14.2 Å². The lowest BCUT2D eigenvalue weighted by Crippen LogP contribution is -2.25. The van der Waals surface area contributed by atoms with Crippen molar-refractivity contribution in [2.24, 2.45) is 5.10 Å². The summed E-state index contributed by atoms with van der Waals surface area (Å²) in [6.45, 7) is 6.07. The number of methoxy groups -OCH3 is 1. The molecule has 0 aliphatic rings. The molecule has 1 aromatic heterocycles. The molecule has 154 valence electrons. The second-order valence-corrected chi connectivity index (χ2v) is 7.56. The Kier molecular flexibility index (Phi) is 7.03. The van der Waals surface area contributed by atoms with Gasteiger partial charge in [0.25, 0.3) is 11.5 Å².